The van der Waals surface area contributed by atoms with Crippen molar-refractivity contribution in [1.82, 2.24) is 19.9 Å². The van der Waals surface area contributed by atoms with E-state index in [-0.39, 0.29) is 73.9 Å². The minimum Gasteiger partial charge on any atom is -0.396 e. The normalized spacial score (nSPS) is 31.2. The topological polar surface area (TPSA) is 268 Å². The molecule has 7 heterocycles. The fraction of sp³-hybridized carbons (Fsp3) is 0.935. The number of hydrogen-bond acceptors (Lipinski definition) is 17. The molecule has 9 rings (SSSR count). The number of carbonyl (C=O) groups excluding carboxylic acids is 3. The Morgan fingerprint density at radius 1 is 0.485 bits per heavy atom. The summed E-state index contributed by atoms with van der Waals surface area (Å²) in [5.41, 5.74) is 5.12. The molecule has 8 aliphatic rings. The number of nitrogens with zero attached hydrogens (tertiary/aromatic N) is 4. The van der Waals surface area contributed by atoms with E-state index in [2.05, 4.69) is 121 Å². The number of primary amides is 1. The SMILES string of the molecule is CC(C)C1CC(C(=O)N(C)C)C1.CC(C)C1CC(CO)C1.CC(C)C1CCC(C(=O)N(C)C)OC1.CC(C)C1CCC(C(C)O)OC1.CC(C)C1CCC(C(N)=O)OC1.CC(C)C1CCC(CO)OC1.CC(C)C1CCC(c2ncon2)OC1.COC1CC(C(C)C)COC1CO. The van der Waals surface area contributed by atoms with Gasteiger partial charge in [0.25, 0.3) is 5.91 Å². The van der Waals surface area contributed by atoms with Crippen LogP contribution in [0.3, 0.4) is 0 Å². The van der Waals surface area contributed by atoms with Gasteiger partial charge in [0.2, 0.25) is 18.2 Å². The van der Waals surface area contributed by atoms with Gasteiger partial charge in [-0.2, -0.15) is 4.98 Å². The number of rotatable bonds is 17. The third-order valence-electron chi connectivity index (χ3n) is 22.1. The van der Waals surface area contributed by atoms with Gasteiger partial charge in [-0.05, 0) is 204 Å². The number of aliphatic hydroxyl groups excluding tert-OH is 4. The summed E-state index contributed by atoms with van der Waals surface area (Å²) in [6.07, 6.45) is 16.9. The van der Waals surface area contributed by atoms with E-state index in [1.165, 1.54) is 38.5 Å². The van der Waals surface area contributed by atoms with E-state index in [0.717, 1.165) is 127 Å². The van der Waals surface area contributed by atoms with Crippen LogP contribution in [0.1, 0.15) is 226 Å². The third kappa shape index (κ3) is 33.8. The molecular weight excluding hydrogens is 1230 g/mol. The van der Waals surface area contributed by atoms with Crippen LogP contribution < -0.4 is 5.73 Å². The number of aliphatic hydroxyl groups is 4. The Hall–Kier alpha value is -2.89. The first kappa shape index (κ1) is 90.2. The highest BCUT2D eigenvalue weighted by molar-refractivity contribution is 5.80. The highest BCUT2D eigenvalue weighted by Gasteiger charge is 2.38. The number of carbonyl (C=O) groups is 3. The van der Waals surface area contributed by atoms with Gasteiger partial charge >= 0.3 is 0 Å². The summed E-state index contributed by atoms with van der Waals surface area (Å²) in [7, 11) is 8.91. The zero-order valence-electron chi connectivity index (χ0n) is 65.2. The molecule has 1 aromatic heterocycles. The van der Waals surface area contributed by atoms with E-state index in [9.17, 15) is 19.5 Å². The van der Waals surface area contributed by atoms with Gasteiger partial charge in [-0.1, -0.05) is 116 Å². The lowest BCUT2D eigenvalue weighted by Gasteiger charge is -2.38. The summed E-state index contributed by atoms with van der Waals surface area (Å²) in [6, 6.07) is 0. The first-order valence-corrected chi connectivity index (χ1v) is 37.9. The summed E-state index contributed by atoms with van der Waals surface area (Å²) in [5, 5.41) is 39.6. The molecule has 2 saturated carbocycles. The van der Waals surface area contributed by atoms with Gasteiger partial charge in [-0.3, -0.25) is 14.4 Å². The molecule has 6 saturated heterocycles. The molecule has 0 bridgehead atoms. The predicted molar refractivity (Wildman–Crippen MR) is 385 cm³/mol. The fourth-order valence-electron chi connectivity index (χ4n) is 13.3. The highest BCUT2D eigenvalue weighted by atomic mass is 16.5. The van der Waals surface area contributed by atoms with Gasteiger partial charge in [0.15, 0.2) is 5.82 Å². The lowest BCUT2D eigenvalue weighted by Crippen LogP contribution is -2.43. The smallest absolute Gasteiger partial charge is 0.251 e. The lowest BCUT2D eigenvalue weighted by molar-refractivity contribution is -0.146. The van der Waals surface area contributed by atoms with Crippen LogP contribution in [0.25, 0.3) is 0 Å². The van der Waals surface area contributed by atoms with E-state index in [1.54, 1.807) is 37.9 Å². The molecule has 3 amide bonds. The highest BCUT2D eigenvalue weighted by Crippen LogP contribution is 2.40. The number of hydrogen-bond donors (Lipinski definition) is 5. The Morgan fingerprint density at radius 2 is 0.907 bits per heavy atom. The first-order valence-electron chi connectivity index (χ1n) is 37.9. The molecular formula is C77H147N5O15. The van der Waals surface area contributed by atoms with Crippen molar-refractivity contribution in [2.45, 2.75) is 263 Å². The molecule has 570 valence electrons. The second-order valence-electron chi connectivity index (χ2n) is 32.5. The van der Waals surface area contributed by atoms with Gasteiger partial charge in [0.05, 0.1) is 77.3 Å². The first-order chi connectivity index (χ1) is 45.7. The molecule has 6 aliphatic heterocycles. The Morgan fingerprint density at radius 3 is 1.24 bits per heavy atom. The van der Waals surface area contributed by atoms with Crippen molar-refractivity contribution in [2.24, 2.45) is 112 Å². The maximum Gasteiger partial charge on any atom is 0.251 e. The van der Waals surface area contributed by atoms with Gasteiger partial charge < -0.3 is 73.6 Å². The summed E-state index contributed by atoms with van der Waals surface area (Å²) in [5.74, 6) is 12.9. The van der Waals surface area contributed by atoms with Crippen molar-refractivity contribution in [2.75, 3.05) is 94.8 Å². The van der Waals surface area contributed by atoms with Crippen LogP contribution in [-0.4, -0.2) is 196 Å². The van der Waals surface area contributed by atoms with E-state index in [4.69, 9.17) is 58.7 Å². The van der Waals surface area contributed by atoms with E-state index in [1.807, 2.05) is 14.1 Å². The number of methoxy groups -OCH3 is 1. The van der Waals surface area contributed by atoms with Crippen LogP contribution >= 0.6 is 0 Å². The molecule has 0 spiro atoms. The van der Waals surface area contributed by atoms with Gasteiger partial charge in [-0.15, -0.1) is 0 Å². The minimum atomic E-state index is -0.333. The average Bonchev–Trinajstić information content (AvgIpc) is 1.29. The van der Waals surface area contributed by atoms with Crippen LogP contribution in [0.5, 0.6) is 0 Å². The van der Waals surface area contributed by atoms with E-state index >= 15 is 0 Å². The van der Waals surface area contributed by atoms with Crippen LogP contribution in [0.15, 0.2) is 10.9 Å². The molecule has 97 heavy (non-hydrogen) atoms. The van der Waals surface area contributed by atoms with Crippen LogP contribution in [0.4, 0.5) is 0 Å². The Kier molecular flexibility index (Phi) is 44.8. The number of ether oxygens (including phenoxy) is 7. The lowest BCUT2D eigenvalue weighted by atomic mass is 9.69. The molecule has 2 aliphatic carbocycles. The molecule has 20 heteroatoms. The zero-order chi connectivity index (χ0) is 73.2. The van der Waals surface area contributed by atoms with Crippen LogP contribution in [-0.2, 0) is 47.5 Å². The molecule has 20 nitrogen and oxygen atoms in total. The molecule has 1 aromatic rings. The Bertz CT molecular complexity index is 2110. The standard InChI is InChI=1S/C11H21NO2.C10H16N2O2.C10H19NO.C10H20O3.C10H20O2.C9H17NO2.C9H18O2.C8H16O/c1-8(2)9-5-6-10(14-7-9)11(13)12(3)4;1-7(2)8-3-4-9(13-5-8)10-11-6-14-12-10;1-7(2)8-5-9(6-8)10(12)11(3)4;1-7(2)8-4-9(12-3)10(5-11)13-6-8;1-7(2)9-4-5-10(8(3)11)12-6-9;1-6(2)7-3-4-8(9(10)11)12-5-7;1-7(2)8-3-4-9(5-10)11-6-8;1-6(2)8-3-7(4-8)5-9/h8-10H,5-7H2,1-4H3;6-9H,3-5H2,1-2H3;7-9H,5-6H2,1-4H3;7-11H,4-6H2,1-3H3;7-11H,4-6H2,1-3H3;6-8H,3-5H2,1-2H3,(H2,10,11);7-10H,3-6H2,1-2H3;6-9H,3-5H2,1-2H3. The number of amides is 3. The summed E-state index contributed by atoms with van der Waals surface area (Å²) in [4.78, 5) is 41.1. The van der Waals surface area contributed by atoms with Crippen LogP contribution in [0.2, 0.25) is 0 Å². The minimum absolute atomic E-state index is 0.0451. The van der Waals surface area contributed by atoms with Gasteiger partial charge in [0, 0.05) is 47.8 Å². The Balaban J connectivity index is 0.000000378. The number of aromatic nitrogens is 2. The molecule has 14 unspecified atom stereocenters. The maximum absolute atomic E-state index is 11.6. The molecule has 0 aromatic carbocycles. The van der Waals surface area contributed by atoms with E-state index < -0.39 is 0 Å². The largest absolute Gasteiger partial charge is 0.396 e. The van der Waals surface area contributed by atoms with Gasteiger partial charge in [-0.25, -0.2) is 0 Å². The van der Waals surface area contributed by atoms with Crippen molar-refractivity contribution < 1.29 is 72.5 Å². The van der Waals surface area contributed by atoms with Crippen LogP contribution in [0, 0.1) is 107 Å². The zero-order valence-corrected chi connectivity index (χ0v) is 65.2. The second-order valence-corrected chi connectivity index (χ2v) is 32.5. The monoisotopic (exact) mass is 1380 g/mol. The second kappa shape index (κ2) is 48.1. The number of nitrogens with two attached hydrogens (primary N) is 1. The fourth-order valence-corrected chi connectivity index (χ4v) is 13.3. The summed E-state index contributed by atoms with van der Waals surface area (Å²) in [6.45, 7) is 42.7. The molecule has 6 N–H and O–H groups in total. The number of likely N-dealkylation sites (N-methyl/N-ethyl adjacent to an activating group) is 1. The van der Waals surface area contributed by atoms with Crippen molar-refractivity contribution in [3.63, 3.8) is 0 Å². The quantitative estimate of drug-likeness (QED) is 0.0970. The molecule has 8 fully saturated rings. The molecule has 0 radical (unpaired) electrons. The van der Waals surface area contributed by atoms with Crippen molar-refractivity contribution in [3.8, 4) is 0 Å². The average molecular weight is 1380 g/mol. The van der Waals surface area contributed by atoms with Gasteiger partial charge in [0.1, 0.15) is 24.4 Å². The summed E-state index contributed by atoms with van der Waals surface area (Å²) < 4.78 is 43.2. The van der Waals surface area contributed by atoms with Crippen molar-refractivity contribution in [1.29, 1.82) is 0 Å². The van der Waals surface area contributed by atoms with Crippen molar-refractivity contribution >= 4 is 17.7 Å². The Labute approximate surface area is 589 Å². The third-order valence-corrected chi connectivity index (χ3v) is 22.1. The predicted octanol–water partition coefficient (Wildman–Crippen LogP) is 12.4. The van der Waals surface area contributed by atoms with Crippen molar-refractivity contribution in [3.05, 3.63) is 12.2 Å². The molecule has 14 atom stereocenters. The van der Waals surface area contributed by atoms with E-state index in [0.29, 0.717) is 102 Å². The maximum atomic E-state index is 11.6. The summed E-state index contributed by atoms with van der Waals surface area (Å²) >= 11 is 0.